The predicted molar refractivity (Wildman–Crippen MR) is 74.6 cm³/mol. The van der Waals surface area contributed by atoms with E-state index in [4.69, 9.17) is 0 Å². The summed E-state index contributed by atoms with van der Waals surface area (Å²) < 4.78 is 26.7. The molecule has 6 nitrogen and oxygen atoms in total. The number of aromatic amines is 1. The second kappa shape index (κ2) is 6.17. The molecule has 108 valence electrons. The van der Waals surface area contributed by atoms with Crippen LogP contribution < -0.4 is 4.72 Å². The SMILES string of the molecule is Cc1[nH]nc(S(=O)(=O)NCCc2ccccc2)c1CO. The van der Waals surface area contributed by atoms with E-state index in [0.29, 0.717) is 17.7 Å². The lowest BCUT2D eigenvalue weighted by atomic mass is 10.2. The van der Waals surface area contributed by atoms with Crippen LogP contribution in [0.25, 0.3) is 0 Å². The van der Waals surface area contributed by atoms with E-state index in [1.165, 1.54) is 0 Å². The van der Waals surface area contributed by atoms with Gasteiger partial charge in [-0.15, -0.1) is 0 Å². The third kappa shape index (κ3) is 3.24. The zero-order chi connectivity index (χ0) is 14.6. The number of aliphatic hydroxyl groups excluding tert-OH is 1. The Kier molecular flexibility index (Phi) is 4.53. The third-order valence-corrected chi connectivity index (χ3v) is 4.43. The first-order valence-electron chi connectivity index (χ1n) is 6.23. The van der Waals surface area contributed by atoms with Gasteiger partial charge in [0.2, 0.25) is 0 Å². The van der Waals surface area contributed by atoms with E-state index in [1.54, 1.807) is 6.92 Å². The van der Waals surface area contributed by atoms with Gasteiger partial charge in [0.25, 0.3) is 10.0 Å². The summed E-state index contributed by atoms with van der Waals surface area (Å²) in [4.78, 5) is 0. The Morgan fingerprint density at radius 3 is 2.65 bits per heavy atom. The van der Waals surface area contributed by atoms with Crippen LogP contribution in [-0.4, -0.2) is 30.3 Å². The van der Waals surface area contributed by atoms with Crippen molar-refractivity contribution in [2.45, 2.75) is 25.0 Å². The van der Waals surface area contributed by atoms with Crippen molar-refractivity contribution in [1.82, 2.24) is 14.9 Å². The predicted octanol–water partition coefficient (Wildman–Crippen LogP) is 0.731. The van der Waals surface area contributed by atoms with Gasteiger partial charge < -0.3 is 5.11 Å². The number of benzene rings is 1. The maximum Gasteiger partial charge on any atom is 0.260 e. The second-order valence-corrected chi connectivity index (χ2v) is 6.11. The Bertz CT molecular complexity index is 665. The Morgan fingerprint density at radius 2 is 2.00 bits per heavy atom. The molecule has 0 aliphatic heterocycles. The highest BCUT2D eigenvalue weighted by Gasteiger charge is 2.22. The van der Waals surface area contributed by atoms with Gasteiger partial charge in [-0.05, 0) is 18.9 Å². The molecule has 3 N–H and O–H groups in total. The molecular formula is C13H17N3O3S. The van der Waals surface area contributed by atoms with Crippen LogP contribution in [0.5, 0.6) is 0 Å². The van der Waals surface area contributed by atoms with Gasteiger partial charge in [-0.25, -0.2) is 13.1 Å². The van der Waals surface area contributed by atoms with Crippen molar-refractivity contribution in [3.05, 3.63) is 47.2 Å². The lowest BCUT2D eigenvalue weighted by molar-refractivity contribution is 0.277. The molecule has 0 radical (unpaired) electrons. The molecule has 2 rings (SSSR count). The van der Waals surface area contributed by atoms with E-state index in [0.717, 1.165) is 5.56 Å². The van der Waals surface area contributed by atoms with E-state index in [-0.39, 0.29) is 18.2 Å². The summed E-state index contributed by atoms with van der Waals surface area (Å²) in [7, 11) is -3.70. The Labute approximate surface area is 117 Å². The van der Waals surface area contributed by atoms with Crippen LogP contribution in [0.15, 0.2) is 35.4 Å². The van der Waals surface area contributed by atoms with Gasteiger partial charge in [-0.1, -0.05) is 30.3 Å². The maximum absolute atomic E-state index is 12.1. The zero-order valence-corrected chi connectivity index (χ0v) is 11.9. The largest absolute Gasteiger partial charge is 0.392 e. The minimum atomic E-state index is -3.70. The topological polar surface area (TPSA) is 95.1 Å². The van der Waals surface area contributed by atoms with Gasteiger partial charge in [-0.2, -0.15) is 5.10 Å². The molecule has 7 heteroatoms. The quantitative estimate of drug-likeness (QED) is 0.732. The van der Waals surface area contributed by atoms with Crippen LogP contribution in [0.4, 0.5) is 0 Å². The Balaban J connectivity index is 2.04. The van der Waals surface area contributed by atoms with Crippen LogP contribution >= 0.6 is 0 Å². The molecule has 0 fully saturated rings. The van der Waals surface area contributed by atoms with E-state index < -0.39 is 10.0 Å². The van der Waals surface area contributed by atoms with Crippen molar-refractivity contribution in [1.29, 1.82) is 0 Å². The fourth-order valence-electron chi connectivity index (χ4n) is 1.88. The Hall–Kier alpha value is -1.70. The number of hydrogen-bond donors (Lipinski definition) is 3. The van der Waals surface area contributed by atoms with Crippen LogP contribution in [0, 0.1) is 6.92 Å². The molecule has 0 aliphatic rings. The van der Waals surface area contributed by atoms with Crippen molar-refractivity contribution >= 4 is 10.0 Å². The molecule has 0 unspecified atom stereocenters. The Morgan fingerprint density at radius 1 is 1.30 bits per heavy atom. The van der Waals surface area contributed by atoms with E-state index in [1.807, 2.05) is 30.3 Å². The molecule has 0 spiro atoms. The molecule has 1 aromatic heterocycles. The molecule has 1 heterocycles. The summed E-state index contributed by atoms with van der Waals surface area (Å²) in [6.07, 6.45) is 0.595. The number of aryl methyl sites for hydroxylation is 1. The van der Waals surface area contributed by atoms with E-state index in [2.05, 4.69) is 14.9 Å². The van der Waals surface area contributed by atoms with Gasteiger partial charge in [0.1, 0.15) is 0 Å². The fraction of sp³-hybridized carbons (Fsp3) is 0.308. The van der Waals surface area contributed by atoms with Crippen molar-refractivity contribution in [3.63, 3.8) is 0 Å². The highest BCUT2D eigenvalue weighted by Crippen LogP contribution is 2.15. The summed E-state index contributed by atoms with van der Waals surface area (Å²) in [6, 6.07) is 9.60. The fourth-order valence-corrected chi connectivity index (χ4v) is 3.10. The highest BCUT2D eigenvalue weighted by atomic mass is 32.2. The third-order valence-electron chi connectivity index (χ3n) is 3.00. The minimum Gasteiger partial charge on any atom is -0.392 e. The number of sulfonamides is 1. The molecule has 20 heavy (non-hydrogen) atoms. The van der Waals surface area contributed by atoms with E-state index >= 15 is 0 Å². The van der Waals surface area contributed by atoms with Crippen LogP contribution in [0.2, 0.25) is 0 Å². The van der Waals surface area contributed by atoms with Crippen molar-refractivity contribution in [2.24, 2.45) is 0 Å². The summed E-state index contributed by atoms with van der Waals surface area (Å²) in [5.41, 5.74) is 1.91. The molecule has 0 saturated heterocycles. The maximum atomic E-state index is 12.1. The monoisotopic (exact) mass is 295 g/mol. The van der Waals surface area contributed by atoms with Crippen LogP contribution in [-0.2, 0) is 23.1 Å². The normalized spacial score (nSPS) is 11.7. The second-order valence-electron chi connectivity index (χ2n) is 4.42. The van der Waals surface area contributed by atoms with Gasteiger partial charge in [0, 0.05) is 17.8 Å². The van der Waals surface area contributed by atoms with Gasteiger partial charge in [0.05, 0.1) is 6.61 Å². The minimum absolute atomic E-state index is 0.134. The molecular weight excluding hydrogens is 278 g/mol. The van der Waals surface area contributed by atoms with Crippen molar-refractivity contribution in [3.8, 4) is 0 Å². The zero-order valence-electron chi connectivity index (χ0n) is 11.1. The summed E-state index contributed by atoms with van der Waals surface area (Å²) in [6.45, 7) is 1.59. The number of aromatic nitrogens is 2. The van der Waals surface area contributed by atoms with Gasteiger partial charge in [-0.3, -0.25) is 5.10 Å². The van der Waals surface area contributed by atoms with Gasteiger partial charge in [0.15, 0.2) is 5.03 Å². The number of nitrogens with one attached hydrogen (secondary N) is 2. The lowest BCUT2D eigenvalue weighted by Gasteiger charge is -2.06. The number of aliphatic hydroxyl groups is 1. The number of rotatable bonds is 6. The number of nitrogens with zero attached hydrogens (tertiary/aromatic N) is 1. The summed E-state index contributed by atoms with van der Waals surface area (Å²) in [5.74, 6) is 0. The first-order valence-corrected chi connectivity index (χ1v) is 7.71. The van der Waals surface area contributed by atoms with E-state index in [9.17, 15) is 13.5 Å². The number of hydrogen-bond acceptors (Lipinski definition) is 4. The van der Waals surface area contributed by atoms with Crippen molar-refractivity contribution < 1.29 is 13.5 Å². The van der Waals surface area contributed by atoms with Crippen LogP contribution in [0.3, 0.4) is 0 Å². The molecule has 2 aromatic rings. The summed E-state index contributed by atoms with van der Waals surface area (Å²) >= 11 is 0. The number of H-pyrrole nitrogens is 1. The van der Waals surface area contributed by atoms with Crippen LogP contribution in [0.1, 0.15) is 16.8 Å². The smallest absolute Gasteiger partial charge is 0.260 e. The van der Waals surface area contributed by atoms with Crippen molar-refractivity contribution in [2.75, 3.05) is 6.54 Å². The molecule has 0 bridgehead atoms. The molecule has 0 saturated carbocycles. The molecule has 0 amide bonds. The molecule has 1 aromatic carbocycles. The first kappa shape index (κ1) is 14.7. The average Bonchev–Trinajstić information content (AvgIpc) is 2.81. The molecule has 0 aliphatic carbocycles. The standard InChI is InChI=1S/C13H17N3O3S/c1-10-12(9-17)13(16-15-10)20(18,19)14-8-7-11-5-3-2-4-6-11/h2-6,14,17H,7-9H2,1H3,(H,15,16). The van der Waals surface area contributed by atoms with Gasteiger partial charge >= 0.3 is 0 Å². The highest BCUT2D eigenvalue weighted by molar-refractivity contribution is 7.89. The first-order chi connectivity index (χ1) is 9.54. The molecule has 0 atom stereocenters. The lowest BCUT2D eigenvalue weighted by Crippen LogP contribution is -2.27. The summed E-state index contributed by atoms with van der Waals surface area (Å²) in [5, 5.41) is 15.4. The average molecular weight is 295 g/mol.